The van der Waals surface area contributed by atoms with E-state index in [9.17, 15) is 0 Å². The van der Waals surface area contributed by atoms with Crippen molar-refractivity contribution in [3.8, 4) is 0 Å². The van der Waals surface area contributed by atoms with E-state index in [4.69, 9.17) is 0 Å². The van der Waals surface area contributed by atoms with Crippen LogP contribution in [0.4, 0.5) is 0 Å². The topological polar surface area (TPSA) is 29.2 Å². The summed E-state index contributed by atoms with van der Waals surface area (Å²) in [4.78, 5) is 23.3. The number of hydrogen-bond donors (Lipinski definition) is 0. The Hall–Kier alpha value is 1.96. The Labute approximate surface area is 218 Å². The maximum Gasteiger partial charge on any atom is 1.00 e. The van der Waals surface area contributed by atoms with Gasteiger partial charge in [-0.3, -0.25) is 0 Å². The molecule has 12 aliphatic rings. The van der Waals surface area contributed by atoms with Gasteiger partial charge in [0.15, 0.2) is 0 Å². The fourth-order valence-electron chi connectivity index (χ4n) is 7.14. The quantitative estimate of drug-likeness (QED) is 0.190. The molecule has 12 rings (SSSR count). The summed E-state index contributed by atoms with van der Waals surface area (Å²) in [6, 6.07) is 0. The van der Waals surface area contributed by atoms with Crippen molar-refractivity contribution < 1.29 is 34.8 Å². The molecule has 0 unspecified atom stereocenters. The van der Waals surface area contributed by atoms with Gasteiger partial charge < -0.3 is 12.4 Å². The van der Waals surface area contributed by atoms with Gasteiger partial charge in [-0.1, -0.05) is 0 Å². The van der Waals surface area contributed by atoms with Gasteiger partial charge in [-0.15, -0.1) is 0 Å². The molecule has 0 atom stereocenters. The molecule has 186 valence electrons. The summed E-state index contributed by atoms with van der Waals surface area (Å²) in [5.74, 6) is 0. The standard InChI is InChI=1S/3C6H12N3P.Au.ClH/c3*1-7-2-9-3-8(1)5-10(4-7)6-9;;/h3*1-6H2;;1H/q;;;+1;/p+2. The Morgan fingerprint density at radius 1 is 0.281 bits per heavy atom. The SMILES string of the molecule is C1N2CN3CN1C[PH+](C2)C3.C1N2CN3CN1C[PH+](C2)C3.C1N2CN3CN1C[PH+](C2)C3.[Au+].[Cl-]. The smallest absolute Gasteiger partial charge is 1.00 e. The zero-order chi connectivity index (χ0) is 19.7. The van der Waals surface area contributed by atoms with E-state index >= 15 is 0 Å². The average molecular weight is 707 g/mol. The van der Waals surface area contributed by atoms with Crippen LogP contribution in [0.1, 0.15) is 0 Å². The van der Waals surface area contributed by atoms with Crippen LogP contribution in [0, 0.1) is 0 Å². The van der Waals surface area contributed by atoms with Gasteiger partial charge in [0.2, 0.25) is 0 Å². The first-order valence-electron chi connectivity index (χ1n) is 11.7. The van der Waals surface area contributed by atoms with Crippen molar-refractivity contribution in [3.05, 3.63) is 0 Å². The first-order chi connectivity index (χ1) is 14.7. The first-order valence-corrected chi connectivity index (χ1v) is 18.1. The van der Waals surface area contributed by atoms with E-state index in [1.165, 1.54) is 117 Å². The van der Waals surface area contributed by atoms with Crippen LogP contribution in [0.2, 0.25) is 0 Å². The summed E-state index contributed by atoms with van der Waals surface area (Å²) in [5.41, 5.74) is 0. The van der Waals surface area contributed by atoms with Crippen molar-refractivity contribution in [1.29, 1.82) is 0 Å². The van der Waals surface area contributed by atoms with Gasteiger partial charge in [0.25, 0.3) is 0 Å². The Morgan fingerprint density at radius 3 is 0.500 bits per heavy atom. The molecule has 12 saturated heterocycles. The number of nitrogens with zero attached hydrogens (tertiary/aromatic N) is 9. The molecule has 0 aromatic heterocycles. The molecule has 0 saturated carbocycles. The number of rotatable bonds is 0. The molecule has 0 spiro atoms. The average Bonchev–Trinajstić information content (AvgIpc) is 2.66. The van der Waals surface area contributed by atoms with E-state index in [2.05, 4.69) is 44.1 Å². The van der Waals surface area contributed by atoms with Crippen LogP contribution in [-0.2, 0) is 22.4 Å². The Morgan fingerprint density at radius 2 is 0.406 bits per heavy atom. The zero-order valence-corrected chi connectivity index (χ0v) is 24.9. The summed E-state index contributed by atoms with van der Waals surface area (Å²) in [5, 5.41) is 0. The number of halogens is 1. The monoisotopic (exact) mass is 706 g/mol. The molecule has 12 fully saturated rings. The van der Waals surface area contributed by atoms with Crippen molar-refractivity contribution >= 4 is 23.8 Å². The maximum atomic E-state index is 2.59. The maximum absolute atomic E-state index is 2.59. The fraction of sp³-hybridized carbons (Fsp3) is 1.00. The third-order valence-electron chi connectivity index (χ3n) is 7.62. The van der Waals surface area contributed by atoms with E-state index in [1.54, 1.807) is 0 Å². The minimum absolute atomic E-state index is 0. The van der Waals surface area contributed by atoms with E-state index in [-0.39, 0.29) is 58.6 Å². The molecule has 0 radical (unpaired) electrons. The van der Waals surface area contributed by atoms with Gasteiger partial charge in [0, 0.05) is 23.8 Å². The summed E-state index contributed by atoms with van der Waals surface area (Å²) >= 11 is 0. The molecule has 32 heavy (non-hydrogen) atoms. The van der Waals surface area contributed by atoms with Gasteiger partial charge in [0.1, 0.15) is 56.6 Å². The van der Waals surface area contributed by atoms with Gasteiger partial charge >= 0.3 is 22.4 Å². The summed E-state index contributed by atoms with van der Waals surface area (Å²) < 4.78 is 0. The Bertz CT molecular complexity index is 412. The van der Waals surface area contributed by atoms with Crippen molar-refractivity contribution in [2.24, 2.45) is 0 Å². The summed E-state index contributed by atoms with van der Waals surface area (Å²) in [7, 11) is 0.0891. The van der Waals surface area contributed by atoms with Gasteiger partial charge in [-0.2, -0.15) is 0 Å². The van der Waals surface area contributed by atoms with Crippen LogP contribution >= 0.6 is 23.8 Å². The predicted molar refractivity (Wildman–Crippen MR) is 129 cm³/mol. The van der Waals surface area contributed by atoms with Crippen LogP contribution < -0.4 is 12.4 Å². The minimum atomic E-state index is 0. The molecule has 12 heterocycles. The second kappa shape index (κ2) is 10.8. The van der Waals surface area contributed by atoms with Gasteiger partial charge in [-0.25, -0.2) is 44.1 Å². The largest absolute Gasteiger partial charge is 1.00 e. The predicted octanol–water partition coefficient (Wildman–Crippen LogP) is -3.32. The normalized spacial score (nSPS) is 54.0. The molecule has 0 aliphatic carbocycles. The molecule has 9 nitrogen and oxygen atoms in total. The molecule has 12 bridgehead atoms. The van der Waals surface area contributed by atoms with E-state index in [0.717, 1.165) is 0 Å². The van der Waals surface area contributed by atoms with Crippen LogP contribution in [0.3, 0.4) is 0 Å². The zero-order valence-electron chi connectivity index (χ0n) is 18.9. The van der Waals surface area contributed by atoms with Crippen molar-refractivity contribution in [2.45, 2.75) is 0 Å². The molecular weight excluding hydrogens is 668 g/mol. The van der Waals surface area contributed by atoms with Crippen molar-refractivity contribution in [3.63, 3.8) is 0 Å². The summed E-state index contributed by atoms with van der Waals surface area (Å²) in [6.07, 6.45) is 13.1. The Balaban J connectivity index is 0.0000000982. The molecule has 14 heteroatoms. The van der Waals surface area contributed by atoms with E-state index in [1.807, 2.05) is 0 Å². The van der Waals surface area contributed by atoms with E-state index in [0.29, 0.717) is 0 Å². The van der Waals surface area contributed by atoms with Crippen LogP contribution in [0.5, 0.6) is 0 Å². The third-order valence-corrected chi connectivity index (χ3v) is 15.7. The van der Waals surface area contributed by atoms with E-state index < -0.39 is 0 Å². The van der Waals surface area contributed by atoms with Crippen LogP contribution in [-0.4, -0.2) is 161 Å². The molecule has 0 aromatic carbocycles. The summed E-state index contributed by atoms with van der Waals surface area (Å²) in [6.45, 7) is 11.3. The molecule has 12 aliphatic heterocycles. The second-order valence-electron chi connectivity index (χ2n) is 11.0. The van der Waals surface area contributed by atoms with Crippen molar-refractivity contribution in [1.82, 2.24) is 44.1 Å². The molecule has 0 N–H and O–H groups in total. The molecule has 0 aromatic rings. The Kier molecular flexibility index (Phi) is 8.60. The minimum Gasteiger partial charge on any atom is -1.00 e. The van der Waals surface area contributed by atoms with Crippen LogP contribution in [0.15, 0.2) is 0 Å². The van der Waals surface area contributed by atoms with Gasteiger partial charge in [-0.05, 0) is 0 Å². The number of hydrogen-bond acceptors (Lipinski definition) is 9. The third kappa shape index (κ3) is 5.60. The van der Waals surface area contributed by atoms with Crippen molar-refractivity contribution in [2.75, 3.05) is 117 Å². The fourth-order valence-corrected chi connectivity index (χ4v) is 15.5. The second-order valence-corrected chi connectivity index (χ2v) is 18.3. The molecule has 0 amide bonds. The first kappa shape index (κ1) is 25.6. The van der Waals surface area contributed by atoms with Crippen LogP contribution in [0.25, 0.3) is 0 Å². The molecular formula is C18H39AuClN9P3+3. The van der Waals surface area contributed by atoms with Gasteiger partial charge in [0.05, 0.1) is 60.0 Å².